The highest BCUT2D eigenvalue weighted by Crippen LogP contribution is 2.27. The third kappa shape index (κ3) is 3.44. The molecule has 1 amide bonds. The molecule has 5 nitrogen and oxygen atoms in total. The van der Waals surface area contributed by atoms with Crippen LogP contribution in [0.15, 0.2) is 54.6 Å². The van der Waals surface area contributed by atoms with E-state index in [1.165, 1.54) is 0 Å². The van der Waals surface area contributed by atoms with E-state index < -0.39 is 0 Å². The number of hydrogen-bond acceptors (Lipinski definition) is 3. The standard InChI is InChI=1S/C20H20ClN3O2/c1-13(16-11-7-8-12-17(16)26-3)22-20(25)18-14(2)23-24(19(18)21)15-9-5-4-6-10-15/h4-13H,1-3H3,(H,22,25). The van der Waals surface area contributed by atoms with Crippen LogP contribution in [0.4, 0.5) is 0 Å². The van der Waals surface area contributed by atoms with Crippen LogP contribution in [-0.4, -0.2) is 22.8 Å². The van der Waals surface area contributed by atoms with Gasteiger partial charge in [0.25, 0.3) is 5.91 Å². The molecule has 1 atom stereocenters. The Morgan fingerprint density at radius 1 is 1.15 bits per heavy atom. The Balaban J connectivity index is 1.88. The van der Waals surface area contributed by atoms with E-state index in [9.17, 15) is 4.79 Å². The predicted molar refractivity (Wildman–Crippen MR) is 102 cm³/mol. The van der Waals surface area contributed by atoms with Crippen LogP contribution in [0, 0.1) is 6.92 Å². The summed E-state index contributed by atoms with van der Waals surface area (Å²) in [6.45, 7) is 3.68. The number of amides is 1. The average molecular weight is 370 g/mol. The maximum atomic E-state index is 12.8. The average Bonchev–Trinajstić information content (AvgIpc) is 2.96. The number of ether oxygens (including phenoxy) is 1. The van der Waals surface area contributed by atoms with Crippen LogP contribution in [0.3, 0.4) is 0 Å². The highest BCUT2D eigenvalue weighted by atomic mass is 35.5. The number of methoxy groups -OCH3 is 1. The molecule has 3 aromatic rings. The van der Waals surface area contributed by atoms with Gasteiger partial charge in [0.05, 0.1) is 30.1 Å². The van der Waals surface area contributed by atoms with Gasteiger partial charge in [-0.3, -0.25) is 4.79 Å². The van der Waals surface area contributed by atoms with Gasteiger partial charge >= 0.3 is 0 Å². The van der Waals surface area contributed by atoms with Crippen molar-refractivity contribution in [1.29, 1.82) is 0 Å². The number of rotatable bonds is 5. The van der Waals surface area contributed by atoms with E-state index in [2.05, 4.69) is 10.4 Å². The summed E-state index contributed by atoms with van der Waals surface area (Å²) in [4.78, 5) is 12.8. The van der Waals surface area contributed by atoms with E-state index in [1.807, 2.05) is 61.5 Å². The molecule has 1 heterocycles. The van der Waals surface area contributed by atoms with E-state index in [0.717, 1.165) is 17.0 Å². The van der Waals surface area contributed by atoms with E-state index >= 15 is 0 Å². The fraction of sp³-hybridized carbons (Fsp3) is 0.200. The Hall–Kier alpha value is -2.79. The lowest BCUT2D eigenvalue weighted by atomic mass is 10.1. The third-order valence-electron chi connectivity index (χ3n) is 4.18. The highest BCUT2D eigenvalue weighted by Gasteiger charge is 2.23. The topological polar surface area (TPSA) is 56.1 Å². The van der Waals surface area contributed by atoms with Gasteiger partial charge in [-0.2, -0.15) is 5.10 Å². The molecule has 1 aromatic heterocycles. The molecular weight excluding hydrogens is 350 g/mol. The maximum absolute atomic E-state index is 12.8. The number of carbonyl (C=O) groups is 1. The van der Waals surface area contributed by atoms with Crippen LogP contribution in [0.5, 0.6) is 5.75 Å². The molecule has 0 aliphatic heterocycles. The van der Waals surface area contributed by atoms with Crippen LogP contribution in [0.1, 0.15) is 34.6 Å². The molecule has 0 saturated carbocycles. The lowest BCUT2D eigenvalue weighted by Gasteiger charge is -2.17. The molecule has 0 aliphatic carbocycles. The first-order valence-corrected chi connectivity index (χ1v) is 8.65. The van der Waals surface area contributed by atoms with Gasteiger partial charge in [0.15, 0.2) is 0 Å². The van der Waals surface area contributed by atoms with E-state index in [1.54, 1.807) is 18.7 Å². The second kappa shape index (κ2) is 7.62. The summed E-state index contributed by atoms with van der Waals surface area (Å²) in [7, 11) is 1.61. The van der Waals surface area contributed by atoms with Crippen molar-refractivity contribution in [3.63, 3.8) is 0 Å². The Bertz CT molecular complexity index is 922. The first-order valence-electron chi connectivity index (χ1n) is 8.27. The van der Waals surface area contributed by atoms with Crippen molar-refractivity contribution in [2.75, 3.05) is 7.11 Å². The zero-order chi connectivity index (χ0) is 18.7. The van der Waals surface area contributed by atoms with Gasteiger partial charge in [-0.1, -0.05) is 48.0 Å². The minimum Gasteiger partial charge on any atom is -0.496 e. The van der Waals surface area contributed by atoms with E-state index in [4.69, 9.17) is 16.3 Å². The van der Waals surface area contributed by atoms with Crippen LogP contribution in [0.25, 0.3) is 5.69 Å². The van der Waals surface area contributed by atoms with Gasteiger partial charge in [-0.15, -0.1) is 0 Å². The van der Waals surface area contributed by atoms with E-state index in [0.29, 0.717) is 16.4 Å². The Morgan fingerprint density at radius 2 is 1.81 bits per heavy atom. The second-order valence-electron chi connectivity index (χ2n) is 5.94. The van der Waals surface area contributed by atoms with Gasteiger partial charge < -0.3 is 10.1 Å². The molecule has 2 aromatic carbocycles. The van der Waals surface area contributed by atoms with Crippen molar-refractivity contribution in [3.8, 4) is 11.4 Å². The summed E-state index contributed by atoms with van der Waals surface area (Å²) in [6.07, 6.45) is 0. The number of nitrogens with zero attached hydrogens (tertiary/aromatic N) is 2. The molecule has 134 valence electrons. The Morgan fingerprint density at radius 3 is 2.50 bits per heavy atom. The number of carbonyl (C=O) groups excluding carboxylic acids is 1. The molecule has 1 N–H and O–H groups in total. The van der Waals surface area contributed by atoms with Crippen LogP contribution in [-0.2, 0) is 0 Å². The lowest BCUT2D eigenvalue weighted by Crippen LogP contribution is -2.27. The first kappa shape index (κ1) is 18.0. The number of benzene rings is 2. The summed E-state index contributed by atoms with van der Waals surface area (Å²) in [5.74, 6) is 0.455. The summed E-state index contributed by atoms with van der Waals surface area (Å²) >= 11 is 6.46. The molecule has 0 radical (unpaired) electrons. The molecule has 0 bridgehead atoms. The number of aryl methyl sites for hydroxylation is 1. The van der Waals surface area contributed by atoms with E-state index in [-0.39, 0.29) is 11.9 Å². The van der Waals surface area contributed by atoms with Crippen molar-refractivity contribution in [3.05, 3.63) is 76.6 Å². The molecule has 1 unspecified atom stereocenters. The summed E-state index contributed by atoms with van der Waals surface area (Å²) in [5, 5.41) is 7.68. The zero-order valence-electron chi connectivity index (χ0n) is 14.9. The van der Waals surface area contributed by atoms with Crippen LogP contribution < -0.4 is 10.1 Å². The molecule has 26 heavy (non-hydrogen) atoms. The van der Waals surface area contributed by atoms with Crippen LogP contribution >= 0.6 is 11.6 Å². The highest BCUT2D eigenvalue weighted by molar-refractivity contribution is 6.33. The van der Waals surface area contributed by atoms with Crippen molar-refractivity contribution in [2.24, 2.45) is 0 Å². The van der Waals surface area contributed by atoms with Crippen molar-refractivity contribution in [2.45, 2.75) is 19.9 Å². The number of halogens is 1. The lowest BCUT2D eigenvalue weighted by molar-refractivity contribution is 0.0939. The number of nitrogens with one attached hydrogen (secondary N) is 1. The third-order valence-corrected chi connectivity index (χ3v) is 4.53. The quantitative estimate of drug-likeness (QED) is 0.728. The number of aromatic nitrogens is 2. The molecule has 6 heteroatoms. The smallest absolute Gasteiger partial charge is 0.256 e. The van der Waals surface area contributed by atoms with Gasteiger partial charge in [0, 0.05) is 5.56 Å². The summed E-state index contributed by atoms with van der Waals surface area (Å²) < 4.78 is 6.94. The molecular formula is C20H20ClN3O2. The fourth-order valence-electron chi connectivity index (χ4n) is 2.87. The monoisotopic (exact) mass is 369 g/mol. The van der Waals surface area contributed by atoms with Gasteiger partial charge in [-0.05, 0) is 32.0 Å². The normalized spacial score (nSPS) is 11.8. The molecule has 0 aliphatic rings. The number of para-hydroxylation sites is 2. The van der Waals surface area contributed by atoms with Gasteiger partial charge in [-0.25, -0.2) is 4.68 Å². The largest absolute Gasteiger partial charge is 0.496 e. The first-order chi connectivity index (χ1) is 12.5. The second-order valence-corrected chi connectivity index (χ2v) is 6.29. The zero-order valence-corrected chi connectivity index (χ0v) is 15.6. The summed E-state index contributed by atoms with van der Waals surface area (Å²) in [6, 6.07) is 16.8. The SMILES string of the molecule is COc1ccccc1C(C)NC(=O)c1c(C)nn(-c2ccccc2)c1Cl. The van der Waals surface area contributed by atoms with Gasteiger partial charge in [0.1, 0.15) is 10.9 Å². The summed E-state index contributed by atoms with van der Waals surface area (Å²) in [5.41, 5.74) is 2.64. The van der Waals surface area contributed by atoms with Crippen molar-refractivity contribution in [1.82, 2.24) is 15.1 Å². The van der Waals surface area contributed by atoms with Crippen molar-refractivity contribution < 1.29 is 9.53 Å². The molecule has 0 saturated heterocycles. The Labute approximate surface area is 157 Å². The molecule has 3 rings (SSSR count). The Kier molecular flexibility index (Phi) is 5.28. The minimum absolute atomic E-state index is 0.241. The van der Waals surface area contributed by atoms with Gasteiger partial charge in [0.2, 0.25) is 0 Å². The van der Waals surface area contributed by atoms with Crippen LogP contribution in [0.2, 0.25) is 5.15 Å². The maximum Gasteiger partial charge on any atom is 0.256 e. The fourth-order valence-corrected chi connectivity index (χ4v) is 3.23. The predicted octanol–water partition coefficient (Wildman–Crippen LogP) is 4.33. The van der Waals surface area contributed by atoms with Crippen molar-refractivity contribution >= 4 is 17.5 Å². The minimum atomic E-state index is -0.270. The number of hydrogen-bond donors (Lipinski definition) is 1. The molecule has 0 spiro atoms. The molecule has 0 fully saturated rings.